The molecule has 0 saturated heterocycles. The van der Waals surface area contributed by atoms with Gasteiger partial charge in [-0.2, -0.15) is 0 Å². The third-order valence-electron chi connectivity index (χ3n) is 3.28. The monoisotopic (exact) mass is 278 g/mol. The molecule has 1 saturated carbocycles. The highest BCUT2D eigenvalue weighted by Crippen LogP contribution is 2.39. The summed E-state index contributed by atoms with van der Waals surface area (Å²) in [6.07, 6.45) is 2.25. The summed E-state index contributed by atoms with van der Waals surface area (Å²) >= 11 is 5.28. The van der Waals surface area contributed by atoms with Gasteiger partial charge in [0, 0.05) is 18.3 Å². The Morgan fingerprint density at radius 3 is 2.95 bits per heavy atom. The van der Waals surface area contributed by atoms with Gasteiger partial charge in [0.2, 0.25) is 5.95 Å². The maximum absolute atomic E-state index is 13.4. The van der Waals surface area contributed by atoms with Crippen molar-refractivity contribution in [2.45, 2.75) is 25.8 Å². The summed E-state index contributed by atoms with van der Waals surface area (Å²) in [5, 5.41) is 7.14. The molecule has 1 aromatic heterocycles. The molecule has 1 aliphatic carbocycles. The van der Waals surface area contributed by atoms with E-state index in [1.807, 2.05) is 22.5 Å². The van der Waals surface area contributed by atoms with E-state index in [1.165, 1.54) is 12.1 Å². The highest BCUT2D eigenvalue weighted by Gasteiger charge is 2.29. The Hall–Kier alpha value is -1.69. The fourth-order valence-corrected chi connectivity index (χ4v) is 2.51. The number of benzene rings is 1. The highest BCUT2D eigenvalue weighted by molar-refractivity contribution is 7.71. The van der Waals surface area contributed by atoms with Crippen LogP contribution in [0.5, 0.6) is 0 Å². The molecule has 1 heterocycles. The molecule has 19 heavy (non-hydrogen) atoms. The van der Waals surface area contributed by atoms with Crippen molar-refractivity contribution >= 4 is 23.9 Å². The normalized spacial score (nSPS) is 14.6. The number of nitrogens with one attached hydrogen (secondary N) is 1. The Labute approximate surface area is 115 Å². The molecule has 1 N–H and O–H groups in total. The first kappa shape index (κ1) is 12.3. The van der Waals surface area contributed by atoms with Crippen molar-refractivity contribution in [3.63, 3.8) is 0 Å². The van der Waals surface area contributed by atoms with E-state index in [1.54, 1.807) is 6.07 Å². The van der Waals surface area contributed by atoms with Crippen molar-refractivity contribution in [3.8, 4) is 0 Å². The Morgan fingerprint density at radius 1 is 1.53 bits per heavy atom. The minimum Gasteiger partial charge on any atom is -0.311 e. The van der Waals surface area contributed by atoms with Gasteiger partial charge in [-0.25, -0.2) is 9.49 Å². The lowest BCUT2D eigenvalue weighted by atomic mass is 10.3. The fourth-order valence-electron chi connectivity index (χ4n) is 2.23. The number of hydrogen-bond acceptors (Lipinski definition) is 3. The minimum atomic E-state index is -0.247. The van der Waals surface area contributed by atoms with Gasteiger partial charge in [0.1, 0.15) is 5.82 Å². The van der Waals surface area contributed by atoms with Crippen LogP contribution in [0.2, 0.25) is 0 Å². The van der Waals surface area contributed by atoms with Crippen LogP contribution in [0.3, 0.4) is 0 Å². The average molecular weight is 278 g/mol. The Kier molecular flexibility index (Phi) is 3.10. The van der Waals surface area contributed by atoms with E-state index in [2.05, 4.69) is 10.2 Å². The minimum absolute atomic E-state index is 0.247. The van der Waals surface area contributed by atoms with Crippen LogP contribution in [-0.2, 0) is 0 Å². The summed E-state index contributed by atoms with van der Waals surface area (Å²) in [7, 11) is 0. The smallest absolute Gasteiger partial charge is 0.230 e. The number of anilines is 2. The van der Waals surface area contributed by atoms with Crippen molar-refractivity contribution in [2.75, 3.05) is 11.4 Å². The van der Waals surface area contributed by atoms with E-state index >= 15 is 0 Å². The number of aromatic amines is 1. The van der Waals surface area contributed by atoms with E-state index in [0.29, 0.717) is 17.4 Å². The maximum Gasteiger partial charge on any atom is 0.230 e. The first-order valence-electron chi connectivity index (χ1n) is 6.40. The largest absolute Gasteiger partial charge is 0.311 e. The first-order chi connectivity index (χ1) is 9.20. The van der Waals surface area contributed by atoms with Gasteiger partial charge in [-0.3, -0.25) is 4.57 Å². The Balaban J connectivity index is 2.05. The van der Waals surface area contributed by atoms with Gasteiger partial charge in [-0.05, 0) is 50.2 Å². The molecule has 1 fully saturated rings. The second-order valence-electron chi connectivity index (χ2n) is 4.65. The van der Waals surface area contributed by atoms with Crippen molar-refractivity contribution < 1.29 is 4.39 Å². The van der Waals surface area contributed by atoms with Gasteiger partial charge >= 0.3 is 0 Å². The van der Waals surface area contributed by atoms with Crippen LogP contribution in [0.4, 0.5) is 16.0 Å². The zero-order chi connectivity index (χ0) is 13.4. The first-order valence-corrected chi connectivity index (χ1v) is 6.81. The summed E-state index contributed by atoms with van der Waals surface area (Å²) in [5.74, 6) is 0.517. The molecule has 0 bridgehead atoms. The molecule has 1 aliphatic rings. The van der Waals surface area contributed by atoms with Gasteiger partial charge in [-0.1, -0.05) is 6.07 Å². The second-order valence-corrected chi connectivity index (χ2v) is 5.04. The molecule has 6 heteroatoms. The van der Waals surface area contributed by atoms with E-state index in [9.17, 15) is 4.39 Å². The predicted molar refractivity (Wildman–Crippen MR) is 74.8 cm³/mol. The summed E-state index contributed by atoms with van der Waals surface area (Å²) in [6.45, 7) is 2.72. The van der Waals surface area contributed by atoms with Crippen LogP contribution in [0, 0.1) is 10.6 Å². The van der Waals surface area contributed by atoms with Gasteiger partial charge in [0.05, 0.1) is 0 Å². The van der Waals surface area contributed by atoms with Crippen molar-refractivity contribution in [1.29, 1.82) is 0 Å². The maximum atomic E-state index is 13.4. The SMILES string of the molecule is CCN(c1cccc(F)c1)c1n[nH]c(=S)n1C1CC1. The van der Waals surface area contributed by atoms with E-state index < -0.39 is 0 Å². The predicted octanol–water partition coefficient (Wildman–Crippen LogP) is 3.57. The third kappa shape index (κ3) is 2.28. The molecule has 0 atom stereocenters. The van der Waals surface area contributed by atoms with Crippen molar-refractivity contribution in [1.82, 2.24) is 14.8 Å². The van der Waals surface area contributed by atoms with Gasteiger partial charge in [0.25, 0.3) is 0 Å². The molecule has 0 spiro atoms. The van der Waals surface area contributed by atoms with Crippen LogP contribution in [-0.4, -0.2) is 21.3 Å². The van der Waals surface area contributed by atoms with E-state index in [-0.39, 0.29) is 5.82 Å². The summed E-state index contributed by atoms with van der Waals surface area (Å²) in [4.78, 5) is 1.97. The lowest BCUT2D eigenvalue weighted by molar-refractivity contribution is 0.627. The van der Waals surface area contributed by atoms with Gasteiger partial charge in [0.15, 0.2) is 4.77 Å². The van der Waals surface area contributed by atoms with Crippen LogP contribution < -0.4 is 4.90 Å². The standard InChI is InChI=1S/C13H15FN4S/c1-2-17(11-5-3-4-9(14)8-11)12-15-16-13(19)18(12)10-6-7-10/h3-5,8,10H,2,6-7H2,1H3,(H,16,19). The summed E-state index contributed by atoms with van der Waals surface area (Å²) in [5.41, 5.74) is 0.790. The number of rotatable bonds is 4. The molecule has 0 unspecified atom stereocenters. The average Bonchev–Trinajstić information content (AvgIpc) is 3.15. The number of hydrogen-bond donors (Lipinski definition) is 1. The summed E-state index contributed by atoms with van der Waals surface area (Å²) in [6, 6.07) is 6.97. The highest BCUT2D eigenvalue weighted by atomic mass is 32.1. The zero-order valence-electron chi connectivity index (χ0n) is 10.6. The quantitative estimate of drug-likeness (QED) is 0.869. The van der Waals surface area contributed by atoms with E-state index in [0.717, 1.165) is 24.5 Å². The Morgan fingerprint density at radius 2 is 2.32 bits per heavy atom. The number of aromatic nitrogens is 3. The van der Waals surface area contributed by atoms with Gasteiger partial charge in [-0.15, -0.1) is 5.10 Å². The molecule has 4 nitrogen and oxygen atoms in total. The van der Waals surface area contributed by atoms with Crippen molar-refractivity contribution in [2.24, 2.45) is 0 Å². The number of nitrogens with zero attached hydrogens (tertiary/aromatic N) is 3. The molecule has 2 aromatic rings. The molecule has 0 radical (unpaired) electrons. The molecular formula is C13H15FN4S. The molecule has 1 aromatic carbocycles. The topological polar surface area (TPSA) is 36.9 Å². The third-order valence-corrected chi connectivity index (χ3v) is 3.56. The lowest BCUT2D eigenvalue weighted by Gasteiger charge is -2.22. The van der Waals surface area contributed by atoms with Crippen LogP contribution in [0.25, 0.3) is 0 Å². The Bertz CT molecular complexity index is 644. The van der Waals surface area contributed by atoms with Gasteiger partial charge < -0.3 is 4.90 Å². The summed E-state index contributed by atoms with van der Waals surface area (Å²) < 4.78 is 16.0. The molecule has 0 amide bonds. The molecule has 0 aliphatic heterocycles. The second kappa shape index (κ2) is 4.77. The number of halogens is 1. The van der Waals surface area contributed by atoms with Crippen LogP contribution in [0.15, 0.2) is 24.3 Å². The van der Waals surface area contributed by atoms with Crippen LogP contribution in [0.1, 0.15) is 25.8 Å². The molecule has 3 rings (SSSR count). The molecular weight excluding hydrogens is 263 g/mol. The van der Waals surface area contributed by atoms with Crippen molar-refractivity contribution in [3.05, 3.63) is 34.9 Å². The number of H-pyrrole nitrogens is 1. The fraction of sp³-hybridized carbons (Fsp3) is 0.385. The molecule has 100 valence electrons. The lowest BCUT2D eigenvalue weighted by Crippen LogP contribution is -2.20. The zero-order valence-corrected chi connectivity index (χ0v) is 11.5. The van der Waals surface area contributed by atoms with Crippen LogP contribution >= 0.6 is 12.2 Å². The van der Waals surface area contributed by atoms with E-state index in [4.69, 9.17) is 12.2 Å².